The number of fused-ring (bicyclic) bond motifs is 3. The monoisotopic (exact) mass is 582 g/mol. The molecule has 12 heteroatoms. The van der Waals surface area contributed by atoms with E-state index in [0.29, 0.717) is 6.42 Å². The molecule has 5 rings (SSSR count). The molecular weight excluding hydrogens is 564 g/mol. The van der Waals surface area contributed by atoms with Gasteiger partial charge in [-0.1, -0.05) is 66.8 Å². The topological polar surface area (TPSA) is 0 Å². The van der Waals surface area contributed by atoms with Crippen LogP contribution < -0.4 is 0 Å². The molecule has 2 atom stereocenters. The van der Waals surface area contributed by atoms with E-state index in [0.717, 1.165) is 17.2 Å². The van der Waals surface area contributed by atoms with Crippen LogP contribution in [0.25, 0.3) is 12.2 Å². The van der Waals surface area contributed by atoms with Crippen LogP contribution in [0.3, 0.4) is 0 Å². The van der Waals surface area contributed by atoms with Crippen molar-refractivity contribution in [3.8, 4) is 0 Å². The Morgan fingerprint density at radius 1 is 0.525 bits per heavy atom. The standard InChI is InChI=1S/C28H18F12/c29-25(30,31)23(26(32,33)34)11-12-24(27(35,36)37,28(38,39)40)22-14-20-17(9-10-18(20)13-21(22)23)8-7-16-6-5-15-3-1-2-4-19(15)16/h1-6,9-14,16-17H,7-8H2. The minimum Gasteiger partial charge on any atom is -0.169 e. The average Bonchev–Trinajstić information content (AvgIpc) is 3.41. The van der Waals surface area contributed by atoms with Crippen molar-refractivity contribution >= 4 is 12.2 Å². The first kappa shape index (κ1) is 28.4. The van der Waals surface area contributed by atoms with Crippen molar-refractivity contribution < 1.29 is 52.7 Å². The summed E-state index contributed by atoms with van der Waals surface area (Å²) in [5, 5.41) is 0. The number of hydrogen-bond donors (Lipinski definition) is 0. The van der Waals surface area contributed by atoms with Crippen molar-refractivity contribution in [1.82, 2.24) is 0 Å². The second kappa shape index (κ2) is 8.66. The maximum atomic E-state index is 14.2. The fourth-order valence-electron chi connectivity index (χ4n) is 6.00. The molecule has 0 radical (unpaired) electrons. The molecular formula is C28H18F12. The van der Waals surface area contributed by atoms with E-state index in [2.05, 4.69) is 0 Å². The second-order valence-corrected chi connectivity index (χ2v) is 10.1. The number of rotatable bonds is 3. The summed E-state index contributed by atoms with van der Waals surface area (Å²) in [4.78, 5) is 0. The summed E-state index contributed by atoms with van der Waals surface area (Å²) >= 11 is 0. The van der Waals surface area contributed by atoms with Crippen molar-refractivity contribution in [3.05, 3.63) is 94.1 Å². The molecule has 2 aromatic rings. The Morgan fingerprint density at radius 3 is 1.45 bits per heavy atom. The third-order valence-corrected chi connectivity index (χ3v) is 8.04. The lowest BCUT2D eigenvalue weighted by Gasteiger charge is -2.46. The molecule has 0 aromatic heterocycles. The maximum absolute atomic E-state index is 14.2. The second-order valence-electron chi connectivity index (χ2n) is 10.1. The molecule has 0 N–H and O–H groups in total. The molecule has 0 bridgehead atoms. The number of hydrogen-bond acceptors (Lipinski definition) is 0. The summed E-state index contributed by atoms with van der Waals surface area (Å²) in [5.41, 5.74) is -13.0. The smallest absolute Gasteiger partial charge is 0.169 e. The summed E-state index contributed by atoms with van der Waals surface area (Å²) in [5.74, 6) is -0.945. The Balaban J connectivity index is 1.67. The van der Waals surface area contributed by atoms with Gasteiger partial charge in [0.15, 0.2) is 0 Å². The van der Waals surface area contributed by atoms with Crippen LogP contribution in [0.5, 0.6) is 0 Å². The Labute approximate surface area is 219 Å². The van der Waals surface area contributed by atoms with Crippen LogP contribution in [-0.2, 0) is 10.8 Å². The summed E-state index contributed by atoms with van der Waals surface area (Å²) < 4.78 is 170. The summed E-state index contributed by atoms with van der Waals surface area (Å²) in [6.45, 7) is 0. The molecule has 2 aromatic carbocycles. The number of halogens is 12. The van der Waals surface area contributed by atoms with Gasteiger partial charge in [-0.05, 0) is 52.3 Å². The predicted molar refractivity (Wildman–Crippen MR) is 122 cm³/mol. The van der Waals surface area contributed by atoms with Crippen LogP contribution in [0, 0.1) is 0 Å². The van der Waals surface area contributed by atoms with E-state index in [-0.39, 0.29) is 35.6 Å². The van der Waals surface area contributed by atoms with Crippen molar-refractivity contribution in [2.45, 2.75) is 60.2 Å². The molecule has 0 amide bonds. The zero-order valence-corrected chi connectivity index (χ0v) is 20.0. The zero-order chi connectivity index (χ0) is 29.5. The van der Waals surface area contributed by atoms with Gasteiger partial charge >= 0.3 is 24.7 Å². The molecule has 214 valence electrons. The quantitative estimate of drug-likeness (QED) is 0.250. The maximum Gasteiger partial charge on any atom is 0.410 e. The first-order chi connectivity index (χ1) is 18.4. The van der Waals surface area contributed by atoms with E-state index < -0.39 is 64.7 Å². The van der Waals surface area contributed by atoms with Crippen molar-refractivity contribution in [2.24, 2.45) is 0 Å². The Kier molecular flexibility index (Phi) is 6.14. The number of allylic oxidation sites excluding steroid dienone is 4. The van der Waals surface area contributed by atoms with Gasteiger partial charge in [-0.2, -0.15) is 52.7 Å². The van der Waals surface area contributed by atoms with Gasteiger partial charge < -0.3 is 0 Å². The zero-order valence-electron chi connectivity index (χ0n) is 20.0. The molecule has 40 heavy (non-hydrogen) atoms. The van der Waals surface area contributed by atoms with Crippen molar-refractivity contribution in [2.75, 3.05) is 0 Å². The highest BCUT2D eigenvalue weighted by molar-refractivity contribution is 5.69. The minimum absolute atomic E-state index is 0.123. The highest BCUT2D eigenvalue weighted by Crippen LogP contribution is 2.64. The summed E-state index contributed by atoms with van der Waals surface area (Å²) in [7, 11) is 0. The molecule has 0 saturated carbocycles. The SMILES string of the molecule is FC(F)(F)C1(C(F)(F)F)C=CC(C(F)(F)F)(C(F)(F)F)c2cc3c(cc21)C=CC3CCC1C=Cc2ccccc21. The highest BCUT2D eigenvalue weighted by atomic mass is 19.4. The van der Waals surface area contributed by atoms with Gasteiger partial charge in [0.2, 0.25) is 10.8 Å². The Bertz CT molecular complexity index is 1380. The van der Waals surface area contributed by atoms with Crippen LogP contribution in [0.4, 0.5) is 52.7 Å². The fourth-order valence-corrected chi connectivity index (χ4v) is 6.00. The molecule has 0 fully saturated rings. The van der Waals surface area contributed by atoms with Crippen LogP contribution in [0.2, 0.25) is 0 Å². The normalized spacial score (nSPS) is 22.8. The van der Waals surface area contributed by atoms with Gasteiger partial charge in [-0.25, -0.2) is 0 Å². The Morgan fingerprint density at radius 2 is 0.950 bits per heavy atom. The molecule has 0 nitrogen and oxygen atoms in total. The van der Waals surface area contributed by atoms with Crippen molar-refractivity contribution in [1.29, 1.82) is 0 Å². The highest BCUT2D eigenvalue weighted by Gasteiger charge is 2.78. The lowest BCUT2D eigenvalue weighted by atomic mass is 9.62. The van der Waals surface area contributed by atoms with Crippen LogP contribution in [0.15, 0.2) is 60.7 Å². The summed E-state index contributed by atoms with van der Waals surface area (Å²) in [6, 6.07) is 7.75. The molecule has 3 aliphatic rings. The molecule has 0 heterocycles. The van der Waals surface area contributed by atoms with E-state index in [1.54, 1.807) is 6.07 Å². The van der Waals surface area contributed by atoms with E-state index >= 15 is 0 Å². The molecule has 0 spiro atoms. The minimum atomic E-state index is -6.30. The molecule has 2 unspecified atom stereocenters. The number of benzene rings is 2. The number of alkyl halides is 12. The molecule has 0 aliphatic heterocycles. The lowest BCUT2D eigenvalue weighted by Crippen LogP contribution is -2.61. The van der Waals surface area contributed by atoms with Crippen molar-refractivity contribution in [3.63, 3.8) is 0 Å². The lowest BCUT2D eigenvalue weighted by molar-refractivity contribution is -0.302. The first-order valence-corrected chi connectivity index (χ1v) is 12.0. The van der Waals surface area contributed by atoms with E-state index in [1.165, 1.54) is 6.08 Å². The van der Waals surface area contributed by atoms with Gasteiger partial charge in [-0.3, -0.25) is 0 Å². The van der Waals surface area contributed by atoms with Gasteiger partial charge in [0.25, 0.3) is 0 Å². The predicted octanol–water partition coefficient (Wildman–Crippen LogP) is 9.68. The molecule has 3 aliphatic carbocycles. The third kappa shape index (κ3) is 3.84. The summed E-state index contributed by atoms with van der Waals surface area (Å²) in [6.07, 6.45) is -20.4. The average molecular weight is 582 g/mol. The first-order valence-electron chi connectivity index (χ1n) is 12.0. The van der Waals surface area contributed by atoms with E-state index in [9.17, 15) is 52.7 Å². The van der Waals surface area contributed by atoms with Crippen LogP contribution >= 0.6 is 0 Å². The Hall–Kier alpha value is -3.18. The third-order valence-electron chi connectivity index (χ3n) is 8.04. The van der Waals surface area contributed by atoms with E-state index in [1.807, 2.05) is 30.4 Å². The van der Waals surface area contributed by atoms with Gasteiger partial charge in [0, 0.05) is 11.8 Å². The largest absolute Gasteiger partial charge is 0.410 e. The van der Waals surface area contributed by atoms with Crippen LogP contribution in [-0.4, -0.2) is 24.7 Å². The van der Waals surface area contributed by atoms with Gasteiger partial charge in [0.05, 0.1) is 0 Å². The van der Waals surface area contributed by atoms with Gasteiger partial charge in [-0.15, -0.1) is 0 Å². The van der Waals surface area contributed by atoms with Crippen LogP contribution in [0.1, 0.15) is 58.1 Å². The van der Waals surface area contributed by atoms with E-state index in [4.69, 9.17) is 0 Å². The van der Waals surface area contributed by atoms with Gasteiger partial charge in [0.1, 0.15) is 0 Å². The fraction of sp³-hybridized carbons (Fsp3) is 0.357. The molecule has 0 saturated heterocycles.